The molecule has 5 heteroatoms. The second kappa shape index (κ2) is 5.80. The van der Waals surface area contributed by atoms with Gasteiger partial charge in [0.15, 0.2) is 6.61 Å². The fourth-order valence-electron chi connectivity index (χ4n) is 2.26. The predicted molar refractivity (Wildman–Crippen MR) is 73.4 cm³/mol. The second-order valence-corrected chi connectivity index (χ2v) is 5.35. The van der Waals surface area contributed by atoms with Crippen LogP contribution in [-0.4, -0.2) is 41.2 Å². The van der Waals surface area contributed by atoms with Crippen molar-refractivity contribution in [3.8, 4) is 5.75 Å². The van der Waals surface area contributed by atoms with Crippen LogP contribution in [0.4, 0.5) is 0 Å². The van der Waals surface area contributed by atoms with Gasteiger partial charge in [0.05, 0.1) is 23.7 Å². The quantitative estimate of drug-likeness (QED) is 0.900. The maximum atomic E-state index is 11.8. The van der Waals surface area contributed by atoms with E-state index in [1.807, 2.05) is 6.92 Å². The number of nitrogens with zero attached hydrogens (tertiary/aromatic N) is 1. The van der Waals surface area contributed by atoms with Crippen LogP contribution in [0.2, 0.25) is 5.02 Å². The van der Waals surface area contributed by atoms with Crippen molar-refractivity contribution in [2.75, 3.05) is 19.7 Å². The Balaban J connectivity index is 1.79. The molecule has 0 unspecified atom stereocenters. The molecular weight excluding hydrogens is 266 g/mol. The Morgan fingerprint density at radius 2 is 2.16 bits per heavy atom. The number of ether oxygens (including phenoxy) is 1. The molecule has 1 saturated heterocycles. The van der Waals surface area contributed by atoms with Gasteiger partial charge in [-0.2, -0.15) is 0 Å². The van der Waals surface area contributed by atoms with Crippen molar-refractivity contribution in [3.05, 3.63) is 29.3 Å². The number of amides is 1. The lowest BCUT2D eigenvalue weighted by atomic mass is 9.89. The topological polar surface area (TPSA) is 49.8 Å². The molecule has 19 heavy (non-hydrogen) atoms. The summed E-state index contributed by atoms with van der Waals surface area (Å²) in [6, 6.07) is 7.04. The average molecular weight is 284 g/mol. The summed E-state index contributed by atoms with van der Waals surface area (Å²) in [6.45, 7) is 2.76. The van der Waals surface area contributed by atoms with Crippen LogP contribution in [0.1, 0.15) is 19.8 Å². The van der Waals surface area contributed by atoms with Crippen molar-refractivity contribution in [1.29, 1.82) is 0 Å². The average Bonchev–Trinajstić information content (AvgIpc) is 2.35. The van der Waals surface area contributed by atoms with Crippen LogP contribution >= 0.6 is 11.6 Å². The Morgan fingerprint density at radius 1 is 1.47 bits per heavy atom. The minimum Gasteiger partial charge on any atom is -0.482 e. The first-order valence-corrected chi connectivity index (χ1v) is 6.79. The molecule has 0 aliphatic carbocycles. The summed E-state index contributed by atoms with van der Waals surface area (Å²) in [5.74, 6) is 0.377. The number of carbonyl (C=O) groups is 1. The smallest absolute Gasteiger partial charge is 0.260 e. The highest BCUT2D eigenvalue weighted by atomic mass is 35.5. The van der Waals surface area contributed by atoms with E-state index in [0.29, 0.717) is 23.9 Å². The molecule has 1 aliphatic rings. The molecule has 104 valence electrons. The molecule has 0 radical (unpaired) electrons. The van der Waals surface area contributed by atoms with Gasteiger partial charge in [-0.05, 0) is 18.6 Å². The van der Waals surface area contributed by atoms with E-state index in [9.17, 15) is 9.90 Å². The summed E-state index contributed by atoms with van der Waals surface area (Å²) >= 11 is 5.93. The first-order chi connectivity index (χ1) is 9.04. The number of carbonyl (C=O) groups excluding carboxylic acids is 1. The molecule has 1 N–H and O–H groups in total. The number of hydrogen-bond donors (Lipinski definition) is 1. The van der Waals surface area contributed by atoms with E-state index in [1.54, 1.807) is 29.2 Å². The molecule has 1 amide bonds. The Bertz CT molecular complexity index is 458. The Hall–Kier alpha value is -1.26. The highest BCUT2D eigenvalue weighted by Gasteiger charge is 2.42. The van der Waals surface area contributed by atoms with Crippen LogP contribution in [0.3, 0.4) is 0 Å². The third kappa shape index (κ3) is 3.39. The summed E-state index contributed by atoms with van der Waals surface area (Å²) < 4.78 is 5.38. The van der Waals surface area contributed by atoms with Gasteiger partial charge in [0.1, 0.15) is 5.75 Å². The van der Waals surface area contributed by atoms with E-state index in [1.165, 1.54) is 0 Å². The second-order valence-electron chi connectivity index (χ2n) is 4.94. The standard InChI is InChI=1S/C14H18ClNO3/c1-2-7-14(18)9-16(10-14)13(17)8-19-12-6-4-3-5-11(12)15/h3-6,18H,2,7-10H2,1H3. The van der Waals surface area contributed by atoms with Gasteiger partial charge in [0.2, 0.25) is 0 Å². The largest absolute Gasteiger partial charge is 0.482 e. The van der Waals surface area contributed by atoms with E-state index in [0.717, 1.165) is 12.8 Å². The van der Waals surface area contributed by atoms with E-state index in [2.05, 4.69) is 0 Å². The van der Waals surface area contributed by atoms with Gasteiger partial charge >= 0.3 is 0 Å². The highest BCUT2D eigenvalue weighted by molar-refractivity contribution is 6.32. The fourth-order valence-corrected chi connectivity index (χ4v) is 2.45. The zero-order valence-corrected chi connectivity index (χ0v) is 11.7. The Kier molecular flexibility index (Phi) is 4.32. The van der Waals surface area contributed by atoms with Crippen LogP contribution in [0.25, 0.3) is 0 Å². The SMILES string of the molecule is CCCC1(O)CN(C(=O)COc2ccccc2Cl)C1. The molecule has 4 nitrogen and oxygen atoms in total. The van der Waals surface area contributed by atoms with Crippen molar-refractivity contribution in [2.24, 2.45) is 0 Å². The molecular formula is C14H18ClNO3. The predicted octanol–water partition coefficient (Wildman–Crippen LogP) is 2.09. The van der Waals surface area contributed by atoms with Crippen LogP contribution in [0.15, 0.2) is 24.3 Å². The normalized spacial score (nSPS) is 16.9. The number of benzene rings is 1. The molecule has 1 heterocycles. The van der Waals surface area contributed by atoms with Crippen molar-refractivity contribution in [3.63, 3.8) is 0 Å². The number of para-hydroxylation sites is 1. The number of aliphatic hydroxyl groups is 1. The molecule has 0 atom stereocenters. The number of likely N-dealkylation sites (tertiary alicyclic amines) is 1. The van der Waals surface area contributed by atoms with Crippen LogP contribution < -0.4 is 4.74 Å². The summed E-state index contributed by atoms with van der Waals surface area (Å²) in [6.07, 6.45) is 1.64. The van der Waals surface area contributed by atoms with Gasteiger partial charge in [0, 0.05) is 0 Å². The van der Waals surface area contributed by atoms with Crippen LogP contribution in [-0.2, 0) is 4.79 Å². The zero-order chi connectivity index (χ0) is 13.9. The molecule has 1 aromatic rings. The summed E-state index contributed by atoms with van der Waals surface area (Å²) in [4.78, 5) is 13.5. The number of rotatable bonds is 5. The van der Waals surface area contributed by atoms with Gasteiger partial charge in [0.25, 0.3) is 5.91 Å². The minimum atomic E-state index is -0.700. The summed E-state index contributed by atoms with van der Waals surface area (Å²) in [5, 5.41) is 10.5. The van der Waals surface area contributed by atoms with Crippen LogP contribution in [0.5, 0.6) is 5.75 Å². The number of β-amino-alcohol motifs (C(OH)–C–C–N with tert-alkyl or cyclic N) is 1. The molecule has 0 bridgehead atoms. The molecule has 0 aromatic heterocycles. The Morgan fingerprint density at radius 3 is 2.79 bits per heavy atom. The summed E-state index contributed by atoms with van der Waals surface area (Å²) in [5.41, 5.74) is -0.700. The van der Waals surface area contributed by atoms with Gasteiger partial charge in [-0.1, -0.05) is 37.1 Å². The van der Waals surface area contributed by atoms with Gasteiger partial charge in [-0.25, -0.2) is 0 Å². The van der Waals surface area contributed by atoms with E-state index >= 15 is 0 Å². The number of hydrogen-bond acceptors (Lipinski definition) is 3. The molecule has 1 fully saturated rings. The first-order valence-electron chi connectivity index (χ1n) is 6.41. The van der Waals surface area contributed by atoms with Crippen LogP contribution in [0, 0.1) is 0 Å². The lowest BCUT2D eigenvalue weighted by Gasteiger charge is -2.46. The third-order valence-corrected chi connectivity index (χ3v) is 3.54. The molecule has 1 aliphatic heterocycles. The molecule has 2 rings (SSSR count). The monoisotopic (exact) mass is 283 g/mol. The van der Waals surface area contributed by atoms with E-state index in [4.69, 9.17) is 16.3 Å². The lowest BCUT2D eigenvalue weighted by Crippen LogP contribution is -2.64. The Labute approximate surface area is 117 Å². The van der Waals surface area contributed by atoms with Gasteiger partial charge in [-0.3, -0.25) is 4.79 Å². The molecule has 1 aromatic carbocycles. The maximum Gasteiger partial charge on any atom is 0.260 e. The maximum absolute atomic E-state index is 11.8. The zero-order valence-electron chi connectivity index (χ0n) is 10.9. The van der Waals surface area contributed by atoms with Gasteiger partial charge in [-0.15, -0.1) is 0 Å². The lowest BCUT2D eigenvalue weighted by molar-refractivity contribution is -0.158. The van der Waals surface area contributed by atoms with Crippen molar-refractivity contribution >= 4 is 17.5 Å². The third-order valence-electron chi connectivity index (χ3n) is 3.23. The van der Waals surface area contributed by atoms with Crippen molar-refractivity contribution in [1.82, 2.24) is 4.90 Å². The van der Waals surface area contributed by atoms with E-state index < -0.39 is 5.60 Å². The minimum absolute atomic E-state index is 0.0497. The van der Waals surface area contributed by atoms with Gasteiger partial charge < -0.3 is 14.7 Å². The molecule has 0 saturated carbocycles. The highest BCUT2D eigenvalue weighted by Crippen LogP contribution is 2.26. The van der Waals surface area contributed by atoms with Crippen molar-refractivity contribution < 1.29 is 14.6 Å². The summed E-state index contributed by atoms with van der Waals surface area (Å²) in [7, 11) is 0. The van der Waals surface area contributed by atoms with E-state index in [-0.39, 0.29) is 12.5 Å². The fraction of sp³-hybridized carbons (Fsp3) is 0.500. The molecule has 0 spiro atoms. The first kappa shape index (κ1) is 14.2. The number of halogens is 1. The van der Waals surface area contributed by atoms with Crippen molar-refractivity contribution in [2.45, 2.75) is 25.4 Å².